The highest BCUT2D eigenvalue weighted by Gasteiger charge is 2.36. The number of anilines is 1. The topological polar surface area (TPSA) is 173 Å². The van der Waals surface area contributed by atoms with Crippen LogP contribution in [0.5, 0.6) is 0 Å². The number of nitrogens with two attached hydrogens (primary N) is 2. The van der Waals surface area contributed by atoms with Gasteiger partial charge in [-0.1, -0.05) is 6.92 Å². The molecule has 0 bridgehead atoms. The molecule has 172 valence electrons. The zero-order valence-corrected chi connectivity index (χ0v) is 18.8. The number of alkyl halides is 1. The van der Waals surface area contributed by atoms with E-state index in [2.05, 4.69) is 19.9 Å². The fourth-order valence-electron chi connectivity index (χ4n) is 3.44. The Morgan fingerprint density at radius 1 is 1.32 bits per heavy atom. The molecule has 0 aliphatic carbocycles. The minimum absolute atomic E-state index is 0.0441. The number of amidine groups is 1. The van der Waals surface area contributed by atoms with E-state index in [-0.39, 0.29) is 30.3 Å². The second kappa shape index (κ2) is 8.86. The summed E-state index contributed by atoms with van der Waals surface area (Å²) in [6, 6.07) is 1.48. The van der Waals surface area contributed by atoms with Gasteiger partial charge >= 0.3 is 0 Å². The molecule has 1 aromatic rings. The Morgan fingerprint density at radius 2 is 2.03 bits per heavy atom. The SMILES string of the molecule is CC[C@@H](C)NS(=O)(=O)c1ccc(N2CC[C@@H](N)[C@@H](F)C2)c(C2=NCN=N2)c1S(N)(=O)=O. The highest BCUT2D eigenvalue weighted by Crippen LogP contribution is 2.35. The molecule has 1 aromatic carbocycles. The van der Waals surface area contributed by atoms with Gasteiger partial charge in [-0.3, -0.25) is 0 Å². The van der Waals surface area contributed by atoms with Crippen LogP contribution < -0.4 is 20.5 Å². The van der Waals surface area contributed by atoms with Gasteiger partial charge < -0.3 is 10.6 Å². The number of piperidine rings is 1. The van der Waals surface area contributed by atoms with Crippen molar-refractivity contribution in [3.8, 4) is 0 Å². The second-order valence-electron chi connectivity index (χ2n) is 7.54. The molecular weight excluding hydrogens is 449 g/mol. The molecule has 0 aromatic heterocycles. The third kappa shape index (κ3) is 4.92. The van der Waals surface area contributed by atoms with Crippen molar-refractivity contribution in [3.63, 3.8) is 0 Å². The number of azo groups is 1. The zero-order valence-electron chi connectivity index (χ0n) is 17.2. The first-order valence-electron chi connectivity index (χ1n) is 9.74. The van der Waals surface area contributed by atoms with Crippen molar-refractivity contribution in [2.45, 2.75) is 54.7 Å². The van der Waals surface area contributed by atoms with E-state index in [9.17, 15) is 21.2 Å². The van der Waals surface area contributed by atoms with Crippen LogP contribution in [0.2, 0.25) is 0 Å². The third-order valence-electron chi connectivity index (χ3n) is 5.25. The van der Waals surface area contributed by atoms with Gasteiger partial charge in [-0.2, -0.15) is 5.11 Å². The van der Waals surface area contributed by atoms with Gasteiger partial charge in [0.2, 0.25) is 20.0 Å². The predicted molar refractivity (Wildman–Crippen MR) is 114 cm³/mol. The molecule has 2 aliphatic heterocycles. The standard InChI is InChI=1S/C17H26FN7O4S2/c1-3-10(2)24-31(28,29)14-5-4-13(25-7-6-12(19)11(18)8-25)15(16(14)30(20,26)27)17-21-9-22-23-17/h4-5,10-12,24H,3,6-9,19H2,1-2H3,(H2,20,26,27)/t10-,11+,12-/m1/s1. The Kier molecular flexibility index (Phi) is 6.76. The normalized spacial score (nSPS) is 23.1. The van der Waals surface area contributed by atoms with Crippen molar-refractivity contribution in [3.05, 3.63) is 17.7 Å². The van der Waals surface area contributed by atoms with E-state index >= 15 is 0 Å². The van der Waals surface area contributed by atoms with Gasteiger partial charge in [0.25, 0.3) is 0 Å². The van der Waals surface area contributed by atoms with Crippen molar-refractivity contribution in [2.75, 3.05) is 24.7 Å². The Labute approximate surface area is 180 Å². The molecule has 14 heteroatoms. The first-order chi connectivity index (χ1) is 14.5. The van der Waals surface area contributed by atoms with Crippen LogP contribution in [-0.4, -0.2) is 60.7 Å². The molecule has 0 unspecified atom stereocenters. The fourth-order valence-corrected chi connectivity index (χ4v) is 6.36. The summed E-state index contributed by atoms with van der Waals surface area (Å²) >= 11 is 0. The number of hydrogen-bond donors (Lipinski definition) is 3. The van der Waals surface area contributed by atoms with Crippen LogP contribution in [0.15, 0.2) is 37.1 Å². The second-order valence-corrected chi connectivity index (χ2v) is 10.7. The molecule has 1 saturated heterocycles. The average Bonchev–Trinajstić information content (AvgIpc) is 3.22. The van der Waals surface area contributed by atoms with Crippen molar-refractivity contribution >= 4 is 31.6 Å². The zero-order chi connectivity index (χ0) is 23.0. The molecule has 1 fully saturated rings. The predicted octanol–water partition coefficient (Wildman–Crippen LogP) is 0.456. The molecule has 3 rings (SSSR count). The Bertz CT molecular complexity index is 1120. The molecule has 0 spiro atoms. The van der Waals surface area contributed by atoms with Crippen LogP contribution in [0.1, 0.15) is 32.3 Å². The minimum Gasteiger partial charge on any atom is -0.368 e. The largest absolute Gasteiger partial charge is 0.368 e. The van der Waals surface area contributed by atoms with Crippen LogP contribution in [0.3, 0.4) is 0 Å². The van der Waals surface area contributed by atoms with E-state index in [0.29, 0.717) is 19.4 Å². The molecular formula is C17H26FN7O4S2. The van der Waals surface area contributed by atoms with Crippen molar-refractivity contribution in [1.29, 1.82) is 0 Å². The summed E-state index contributed by atoms with van der Waals surface area (Å²) in [4.78, 5) is 4.49. The molecule has 11 nitrogen and oxygen atoms in total. The van der Waals surface area contributed by atoms with Gasteiger partial charge in [-0.15, -0.1) is 5.11 Å². The van der Waals surface area contributed by atoms with E-state index in [4.69, 9.17) is 10.9 Å². The Hall–Kier alpha value is -2.00. The lowest BCUT2D eigenvalue weighted by Crippen LogP contribution is -2.49. The van der Waals surface area contributed by atoms with Gasteiger partial charge in [-0.25, -0.2) is 36.1 Å². The van der Waals surface area contributed by atoms with E-state index < -0.39 is 48.1 Å². The van der Waals surface area contributed by atoms with Crippen LogP contribution in [0.25, 0.3) is 0 Å². The molecule has 3 atom stereocenters. The Morgan fingerprint density at radius 3 is 2.58 bits per heavy atom. The van der Waals surface area contributed by atoms with Gasteiger partial charge in [0.1, 0.15) is 16.0 Å². The molecule has 2 heterocycles. The van der Waals surface area contributed by atoms with E-state index in [1.165, 1.54) is 6.07 Å². The number of nitrogens with zero attached hydrogens (tertiary/aromatic N) is 4. The molecule has 2 aliphatic rings. The van der Waals surface area contributed by atoms with E-state index in [1.54, 1.807) is 18.7 Å². The number of benzene rings is 1. The number of rotatable bonds is 7. The summed E-state index contributed by atoms with van der Waals surface area (Å²) in [6.45, 7) is 3.62. The first kappa shape index (κ1) is 23.7. The van der Waals surface area contributed by atoms with Gasteiger partial charge in [0.05, 0.1) is 12.1 Å². The third-order valence-corrected chi connectivity index (χ3v) is 8.00. The summed E-state index contributed by atoms with van der Waals surface area (Å²) in [7, 11) is -8.81. The molecule has 5 N–H and O–H groups in total. The fraction of sp³-hybridized carbons (Fsp3) is 0.588. The summed E-state index contributed by atoms with van der Waals surface area (Å²) in [5.41, 5.74) is 5.89. The molecule has 0 amide bonds. The minimum atomic E-state index is -4.56. The van der Waals surface area contributed by atoms with E-state index in [1.807, 2.05) is 0 Å². The number of sulfonamides is 2. The quantitative estimate of drug-likeness (QED) is 0.516. The highest BCUT2D eigenvalue weighted by molar-refractivity contribution is 7.92. The smallest absolute Gasteiger partial charge is 0.242 e. The van der Waals surface area contributed by atoms with Crippen molar-refractivity contribution in [2.24, 2.45) is 26.1 Å². The molecule has 31 heavy (non-hydrogen) atoms. The summed E-state index contributed by atoms with van der Waals surface area (Å²) < 4.78 is 68.0. The number of halogens is 1. The lowest BCUT2D eigenvalue weighted by molar-refractivity contribution is 0.251. The van der Waals surface area contributed by atoms with Gasteiger partial charge in [0.15, 0.2) is 12.5 Å². The van der Waals surface area contributed by atoms with Crippen LogP contribution >= 0.6 is 0 Å². The van der Waals surface area contributed by atoms with Crippen LogP contribution in [0, 0.1) is 0 Å². The lowest BCUT2D eigenvalue weighted by atomic mass is 10.0. The first-order valence-corrected chi connectivity index (χ1v) is 12.8. The maximum atomic E-state index is 14.3. The van der Waals surface area contributed by atoms with Crippen molar-refractivity contribution in [1.82, 2.24) is 4.72 Å². The highest BCUT2D eigenvalue weighted by atomic mass is 32.2. The maximum absolute atomic E-state index is 14.3. The Balaban J connectivity index is 2.27. The number of primary sulfonamides is 1. The van der Waals surface area contributed by atoms with Gasteiger partial charge in [-0.05, 0) is 31.9 Å². The molecule has 0 saturated carbocycles. The number of hydrogen-bond acceptors (Lipinski definition) is 9. The summed E-state index contributed by atoms with van der Waals surface area (Å²) in [5.74, 6) is -0.0788. The maximum Gasteiger partial charge on any atom is 0.242 e. The van der Waals surface area contributed by atoms with Crippen molar-refractivity contribution < 1.29 is 21.2 Å². The summed E-state index contributed by atoms with van der Waals surface area (Å²) in [6.07, 6.45) is -0.529. The summed E-state index contributed by atoms with van der Waals surface area (Å²) in [5, 5.41) is 13.1. The van der Waals surface area contributed by atoms with Crippen LogP contribution in [-0.2, 0) is 20.0 Å². The van der Waals surface area contributed by atoms with Crippen LogP contribution in [0.4, 0.5) is 10.1 Å². The van der Waals surface area contributed by atoms with E-state index in [0.717, 1.165) is 6.07 Å². The monoisotopic (exact) mass is 475 g/mol. The van der Waals surface area contributed by atoms with Gasteiger partial charge in [0, 0.05) is 24.3 Å². The number of aliphatic imine (C=N–C) groups is 1. The lowest BCUT2D eigenvalue weighted by Gasteiger charge is -2.36. The number of nitrogens with one attached hydrogen (secondary N) is 1. The average molecular weight is 476 g/mol. The molecule has 0 radical (unpaired) electrons.